The van der Waals surface area contributed by atoms with Crippen molar-refractivity contribution in [3.8, 4) is 0 Å². The molecule has 2 aromatic carbocycles. The minimum Gasteiger partial charge on any atom is -0.449 e. The molecule has 190 valence electrons. The second kappa shape index (κ2) is 11.3. The van der Waals surface area contributed by atoms with Gasteiger partial charge in [0.2, 0.25) is 0 Å². The standard InChI is InChI=1S/C26H27ClN4O4.H2S/c27-20-15-28-23-14-17(8-11-19(20)23)25(33)30-22-5-2-1-4-21(22)29-24(32)16-6-9-18(10-7-16)31-12-3-13-35-26(31)34;/h6-11,14-15,21-22,28H,1-5,12-13H2,(H,29,32)(H,30,33);1H2/t21-,22+;/m0./s1. The first kappa shape index (κ1) is 25.9. The van der Waals surface area contributed by atoms with Gasteiger partial charge in [0.1, 0.15) is 0 Å². The van der Waals surface area contributed by atoms with Crippen LogP contribution in [-0.4, -0.2) is 48.1 Å². The van der Waals surface area contributed by atoms with E-state index in [0.29, 0.717) is 35.0 Å². The largest absolute Gasteiger partial charge is 0.449 e. The molecule has 0 bridgehead atoms. The molecule has 2 aliphatic rings. The van der Waals surface area contributed by atoms with Crippen molar-refractivity contribution in [1.29, 1.82) is 0 Å². The van der Waals surface area contributed by atoms with Crippen LogP contribution in [0.1, 0.15) is 52.8 Å². The van der Waals surface area contributed by atoms with Crippen LogP contribution in [0.15, 0.2) is 48.7 Å². The van der Waals surface area contributed by atoms with Crippen LogP contribution in [0.3, 0.4) is 0 Å². The number of benzene rings is 2. The quantitative estimate of drug-likeness (QED) is 0.444. The Balaban J connectivity index is 0.00000304. The summed E-state index contributed by atoms with van der Waals surface area (Å²) in [5, 5.41) is 7.70. The Labute approximate surface area is 221 Å². The number of H-pyrrole nitrogens is 1. The molecule has 0 spiro atoms. The summed E-state index contributed by atoms with van der Waals surface area (Å²) in [6.45, 7) is 1.03. The average Bonchev–Trinajstić information content (AvgIpc) is 3.25. The van der Waals surface area contributed by atoms with Crippen LogP contribution < -0.4 is 15.5 Å². The van der Waals surface area contributed by atoms with Crippen molar-refractivity contribution in [2.75, 3.05) is 18.1 Å². The number of hydrogen-bond donors (Lipinski definition) is 3. The molecule has 1 aliphatic heterocycles. The van der Waals surface area contributed by atoms with E-state index in [2.05, 4.69) is 15.6 Å². The molecule has 1 aromatic heterocycles. The fourth-order valence-electron chi connectivity index (χ4n) is 4.79. The van der Waals surface area contributed by atoms with Crippen molar-refractivity contribution in [2.45, 2.75) is 44.2 Å². The fourth-order valence-corrected chi connectivity index (χ4v) is 5.01. The van der Waals surface area contributed by atoms with E-state index in [1.54, 1.807) is 47.5 Å². The number of aromatic amines is 1. The Bertz CT molecular complexity index is 1260. The first-order chi connectivity index (χ1) is 17.0. The zero-order valence-electron chi connectivity index (χ0n) is 19.7. The second-order valence-corrected chi connectivity index (χ2v) is 9.41. The van der Waals surface area contributed by atoms with E-state index in [1.165, 1.54) is 0 Å². The molecule has 1 saturated heterocycles. The van der Waals surface area contributed by atoms with Gasteiger partial charge in [0.25, 0.3) is 11.8 Å². The van der Waals surface area contributed by atoms with Crippen molar-refractivity contribution in [3.63, 3.8) is 0 Å². The van der Waals surface area contributed by atoms with Crippen LogP contribution in [0.25, 0.3) is 10.9 Å². The van der Waals surface area contributed by atoms with Gasteiger partial charge in [0, 0.05) is 52.5 Å². The van der Waals surface area contributed by atoms with Gasteiger partial charge in [-0.25, -0.2) is 4.79 Å². The third-order valence-corrected chi connectivity index (χ3v) is 7.02. The van der Waals surface area contributed by atoms with Crippen LogP contribution in [0.5, 0.6) is 0 Å². The predicted molar refractivity (Wildman–Crippen MR) is 144 cm³/mol. The average molecular weight is 529 g/mol. The molecule has 0 radical (unpaired) electrons. The number of halogens is 1. The fraction of sp³-hybridized carbons (Fsp3) is 0.346. The molecule has 3 aromatic rings. The summed E-state index contributed by atoms with van der Waals surface area (Å²) in [6.07, 6.45) is 5.67. The van der Waals surface area contributed by atoms with Gasteiger partial charge >= 0.3 is 6.09 Å². The number of rotatable bonds is 5. The zero-order valence-corrected chi connectivity index (χ0v) is 21.4. The number of ether oxygens (including phenoxy) is 1. The number of nitrogens with zero attached hydrogens (tertiary/aromatic N) is 1. The Morgan fingerprint density at radius 1 is 0.944 bits per heavy atom. The highest BCUT2D eigenvalue weighted by molar-refractivity contribution is 7.59. The van der Waals surface area contributed by atoms with Gasteiger partial charge < -0.3 is 20.4 Å². The first-order valence-corrected chi connectivity index (χ1v) is 12.3. The summed E-state index contributed by atoms with van der Waals surface area (Å²) in [7, 11) is 0. The maximum Gasteiger partial charge on any atom is 0.414 e. The number of hydrogen-bond acceptors (Lipinski definition) is 4. The highest BCUT2D eigenvalue weighted by Crippen LogP contribution is 2.25. The summed E-state index contributed by atoms with van der Waals surface area (Å²) in [5.74, 6) is -0.382. The normalized spacial score (nSPS) is 19.8. The molecule has 2 heterocycles. The monoisotopic (exact) mass is 528 g/mol. The minimum absolute atomic E-state index is 0. The molecule has 1 aliphatic carbocycles. The summed E-state index contributed by atoms with van der Waals surface area (Å²) in [6, 6.07) is 12.0. The molecule has 2 fully saturated rings. The first-order valence-electron chi connectivity index (χ1n) is 11.9. The van der Waals surface area contributed by atoms with E-state index in [1.807, 2.05) is 6.07 Å². The minimum atomic E-state index is -0.368. The third kappa shape index (κ3) is 5.47. The third-order valence-electron chi connectivity index (χ3n) is 6.71. The molecule has 10 heteroatoms. The van der Waals surface area contributed by atoms with Crippen LogP contribution in [-0.2, 0) is 4.74 Å². The van der Waals surface area contributed by atoms with E-state index in [4.69, 9.17) is 16.3 Å². The summed E-state index contributed by atoms with van der Waals surface area (Å²) >= 11 is 6.14. The Morgan fingerprint density at radius 2 is 1.58 bits per heavy atom. The molecular formula is C26H29ClN4O4S. The number of aromatic nitrogens is 1. The number of carbonyl (C=O) groups excluding carboxylic acids is 3. The van der Waals surface area contributed by atoms with E-state index < -0.39 is 0 Å². The Hall–Kier alpha value is -3.17. The molecule has 36 heavy (non-hydrogen) atoms. The van der Waals surface area contributed by atoms with Crippen LogP contribution >= 0.6 is 25.1 Å². The van der Waals surface area contributed by atoms with Gasteiger partial charge in [-0.05, 0) is 55.7 Å². The Kier molecular flexibility index (Phi) is 8.11. The lowest BCUT2D eigenvalue weighted by Crippen LogP contribution is -2.53. The van der Waals surface area contributed by atoms with Gasteiger partial charge in [0.05, 0.1) is 11.6 Å². The summed E-state index contributed by atoms with van der Waals surface area (Å²) < 4.78 is 5.09. The highest BCUT2D eigenvalue weighted by atomic mass is 35.5. The molecular weight excluding hydrogens is 500 g/mol. The van der Waals surface area contributed by atoms with Crippen LogP contribution in [0, 0.1) is 0 Å². The van der Waals surface area contributed by atoms with Crippen molar-refractivity contribution < 1.29 is 19.1 Å². The zero-order chi connectivity index (χ0) is 24.4. The number of amides is 3. The molecule has 5 rings (SSSR count). The van der Waals surface area contributed by atoms with Crippen molar-refractivity contribution >= 4 is 59.6 Å². The van der Waals surface area contributed by atoms with Gasteiger partial charge in [0.15, 0.2) is 0 Å². The van der Waals surface area contributed by atoms with Crippen LogP contribution in [0.4, 0.5) is 10.5 Å². The maximum atomic E-state index is 13.0. The molecule has 0 unspecified atom stereocenters. The number of carbonyl (C=O) groups is 3. The summed E-state index contributed by atoms with van der Waals surface area (Å²) in [5.41, 5.74) is 2.55. The van der Waals surface area contributed by atoms with E-state index in [0.717, 1.165) is 43.0 Å². The maximum absolute atomic E-state index is 13.0. The van der Waals surface area contributed by atoms with E-state index >= 15 is 0 Å². The van der Waals surface area contributed by atoms with Crippen molar-refractivity contribution in [1.82, 2.24) is 15.6 Å². The molecule has 3 amide bonds. The lowest BCUT2D eigenvalue weighted by Gasteiger charge is -2.33. The topological polar surface area (TPSA) is 104 Å². The lowest BCUT2D eigenvalue weighted by atomic mass is 9.89. The van der Waals surface area contributed by atoms with Gasteiger partial charge in [-0.15, -0.1) is 0 Å². The highest BCUT2D eigenvalue weighted by Gasteiger charge is 2.29. The molecule has 2 atom stereocenters. The van der Waals surface area contributed by atoms with E-state index in [9.17, 15) is 14.4 Å². The predicted octanol–water partition coefficient (Wildman–Crippen LogP) is 4.75. The second-order valence-electron chi connectivity index (χ2n) is 9.01. The smallest absolute Gasteiger partial charge is 0.414 e. The molecule has 8 nitrogen and oxygen atoms in total. The van der Waals surface area contributed by atoms with Crippen molar-refractivity contribution in [2.24, 2.45) is 0 Å². The SMILES string of the molecule is O=C(N[C@H]1CCCC[C@H]1NC(=O)c1ccc2c(Cl)c[nH]c2c1)c1ccc(N2CCCOC2=O)cc1.S. The van der Waals surface area contributed by atoms with Crippen molar-refractivity contribution in [3.05, 3.63) is 64.8 Å². The number of nitrogens with one attached hydrogen (secondary N) is 3. The Morgan fingerprint density at radius 3 is 2.25 bits per heavy atom. The lowest BCUT2D eigenvalue weighted by molar-refractivity contribution is 0.0863. The van der Waals surface area contributed by atoms with E-state index in [-0.39, 0.29) is 43.5 Å². The van der Waals surface area contributed by atoms with Crippen LogP contribution in [0.2, 0.25) is 5.02 Å². The van der Waals surface area contributed by atoms with Gasteiger partial charge in [-0.2, -0.15) is 13.5 Å². The van der Waals surface area contributed by atoms with Gasteiger partial charge in [-0.3, -0.25) is 14.5 Å². The van der Waals surface area contributed by atoms with Gasteiger partial charge in [-0.1, -0.05) is 30.5 Å². The summed E-state index contributed by atoms with van der Waals surface area (Å²) in [4.78, 5) is 42.5. The number of fused-ring (bicyclic) bond motifs is 1. The molecule has 1 saturated carbocycles. The number of cyclic esters (lactones) is 1. The number of anilines is 1. The molecule has 3 N–H and O–H groups in total.